The summed E-state index contributed by atoms with van der Waals surface area (Å²) in [6.45, 7) is 3.91. The van der Waals surface area contributed by atoms with Gasteiger partial charge in [-0.3, -0.25) is 4.79 Å². The lowest BCUT2D eigenvalue weighted by Crippen LogP contribution is -2.29. The van der Waals surface area contributed by atoms with Crippen molar-refractivity contribution in [1.82, 2.24) is 5.32 Å². The number of rotatable bonds is 3. The molecule has 4 rings (SSSR count). The highest BCUT2D eigenvalue weighted by molar-refractivity contribution is 9.10. The van der Waals surface area contributed by atoms with E-state index in [9.17, 15) is 4.79 Å². The van der Waals surface area contributed by atoms with Gasteiger partial charge in [0.25, 0.3) is 5.91 Å². The molecule has 28 heavy (non-hydrogen) atoms. The van der Waals surface area contributed by atoms with Crippen LogP contribution in [0.4, 0.5) is 5.69 Å². The van der Waals surface area contributed by atoms with Gasteiger partial charge in [0.1, 0.15) is 0 Å². The van der Waals surface area contributed by atoms with Gasteiger partial charge in [0.2, 0.25) is 0 Å². The molecule has 3 aromatic carbocycles. The fraction of sp³-hybridized carbons (Fsp3) is 0.130. The maximum absolute atomic E-state index is 12.5. The molecule has 1 N–H and O–H groups in total. The smallest absolute Gasteiger partial charge is 0.251 e. The normalized spacial score (nSPS) is 12.6. The zero-order valence-electron chi connectivity index (χ0n) is 15.6. The maximum Gasteiger partial charge on any atom is 0.251 e. The fourth-order valence-electron chi connectivity index (χ4n) is 3.06. The van der Waals surface area contributed by atoms with E-state index in [2.05, 4.69) is 45.5 Å². The lowest BCUT2D eigenvalue weighted by atomic mass is 10.0. The average Bonchev–Trinajstić information content (AvgIpc) is 2.84. The fourth-order valence-corrected chi connectivity index (χ4v) is 4.32. The van der Waals surface area contributed by atoms with Crippen LogP contribution in [0.5, 0.6) is 0 Å². The highest BCUT2D eigenvalue weighted by Crippen LogP contribution is 2.41. The van der Waals surface area contributed by atoms with Crippen LogP contribution in [0.2, 0.25) is 0 Å². The molecule has 1 aliphatic rings. The first-order chi connectivity index (χ1) is 13.5. The van der Waals surface area contributed by atoms with Gasteiger partial charge >= 0.3 is 0 Å². The molecule has 0 aliphatic carbocycles. The molecule has 3 nitrogen and oxygen atoms in total. The molecule has 1 heterocycles. The maximum atomic E-state index is 12.5. The second kappa shape index (κ2) is 7.94. The second-order valence-electron chi connectivity index (χ2n) is 6.88. The van der Waals surface area contributed by atoms with Crippen LogP contribution in [-0.4, -0.2) is 17.7 Å². The van der Waals surface area contributed by atoms with Crippen molar-refractivity contribution in [3.63, 3.8) is 0 Å². The van der Waals surface area contributed by atoms with Gasteiger partial charge in [-0.15, -0.1) is 0 Å². The third-order valence-electron chi connectivity index (χ3n) is 4.35. The quantitative estimate of drug-likeness (QED) is 0.402. The first kappa shape index (κ1) is 19.0. The molecule has 1 aliphatic heterocycles. The van der Waals surface area contributed by atoms with Gasteiger partial charge in [0.15, 0.2) is 0 Å². The number of carbonyl (C=O) groups is 1. The first-order valence-corrected chi connectivity index (χ1v) is 10.7. The van der Waals surface area contributed by atoms with Crippen molar-refractivity contribution in [3.8, 4) is 0 Å². The summed E-state index contributed by atoms with van der Waals surface area (Å²) in [5, 5.41) is 2.95. The summed E-state index contributed by atoms with van der Waals surface area (Å²) in [5.74, 6) is -0.0787. The van der Waals surface area contributed by atoms with E-state index in [1.165, 1.54) is 0 Å². The van der Waals surface area contributed by atoms with E-state index in [0.29, 0.717) is 5.56 Å². The summed E-state index contributed by atoms with van der Waals surface area (Å²) in [6.07, 6.45) is 0. The van der Waals surface area contributed by atoms with Gasteiger partial charge in [0.05, 0.1) is 11.4 Å². The lowest BCUT2D eigenvalue weighted by molar-refractivity contribution is 0.0943. The summed E-state index contributed by atoms with van der Waals surface area (Å²) in [7, 11) is 0. The number of halogens is 1. The van der Waals surface area contributed by atoms with Crippen LogP contribution in [0.15, 0.2) is 86.0 Å². The molecule has 0 fully saturated rings. The largest absolute Gasteiger partial charge is 0.350 e. The summed E-state index contributed by atoms with van der Waals surface area (Å²) in [5.41, 5.74) is 4.49. The van der Waals surface area contributed by atoms with Gasteiger partial charge < -0.3 is 5.32 Å². The molecule has 5 heteroatoms. The van der Waals surface area contributed by atoms with Crippen LogP contribution in [0.25, 0.3) is 0 Å². The van der Waals surface area contributed by atoms with Crippen molar-refractivity contribution >= 4 is 45.0 Å². The number of carbonyl (C=O) groups excluding carboxylic acids is 1. The molecule has 0 atom stereocenters. The van der Waals surface area contributed by atoms with Gasteiger partial charge in [0, 0.05) is 37.0 Å². The molecule has 3 aromatic rings. The molecule has 0 unspecified atom stereocenters. The van der Waals surface area contributed by atoms with Crippen molar-refractivity contribution in [3.05, 3.63) is 87.9 Å². The lowest BCUT2D eigenvalue weighted by Gasteiger charge is -2.10. The number of amides is 1. The van der Waals surface area contributed by atoms with E-state index in [1.807, 2.05) is 56.3 Å². The van der Waals surface area contributed by atoms with E-state index in [-0.39, 0.29) is 11.9 Å². The molecule has 0 saturated carbocycles. The van der Waals surface area contributed by atoms with Crippen LogP contribution in [-0.2, 0) is 0 Å². The Morgan fingerprint density at radius 1 is 1.00 bits per heavy atom. The third kappa shape index (κ3) is 3.91. The number of nitrogens with zero attached hydrogens (tertiary/aromatic N) is 1. The highest BCUT2D eigenvalue weighted by Gasteiger charge is 2.20. The number of nitrogens with one attached hydrogen (secondary N) is 1. The zero-order valence-corrected chi connectivity index (χ0v) is 18.0. The Bertz CT molecular complexity index is 1070. The Labute approximate surface area is 177 Å². The Morgan fingerprint density at radius 3 is 2.50 bits per heavy atom. The molecular weight excluding hydrogens is 432 g/mol. The number of hydrogen-bond acceptors (Lipinski definition) is 3. The van der Waals surface area contributed by atoms with Crippen molar-refractivity contribution in [2.24, 2.45) is 4.99 Å². The van der Waals surface area contributed by atoms with Crippen LogP contribution in [0, 0.1) is 0 Å². The average molecular weight is 451 g/mol. The van der Waals surface area contributed by atoms with E-state index < -0.39 is 0 Å². The monoisotopic (exact) mass is 450 g/mol. The summed E-state index contributed by atoms with van der Waals surface area (Å²) >= 11 is 5.18. The summed E-state index contributed by atoms with van der Waals surface area (Å²) in [4.78, 5) is 19.7. The van der Waals surface area contributed by atoms with Gasteiger partial charge in [-0.2, -0.15) is 0 Å². The Kier molecular flexibility index (Phi) is 5.38. The van der Waals surface area contributed by atoms with Crippen LogP contribution < -0.4 is 5.32 Å². The Morgan fingerprint density at radius 2 is 1.75 bits per heavy atom. The molecule has 0 saturated heterocycles. The molecule has 1 amide bonds. The highest BCUT2D eigenvalue weighted by atomic mass is 79.9. The summed E-state index contributed by atoms with van der Waals surface area (Å²) < 4.78 is 1.03. The molecule has 0 aromatic heterocycles. The minimum atomic E-state index is -0.0787. The van der Waals surface area contributed by atoms with Crippen LogP contribution in [0.3, 0.4) is 0 Å². The topological polar surface area (TPSA) is 41.5 Å². The summed E-state index contributed by atoms with van der Waals surface area (Å²) in [6, 6.07) is 22.3. The number of aliphatic imine (C=N–C) groups is 1. The van der Waals surface area contributed by atoms with Crippen molar-refractivity contribution in [2.45, 2.75) is 29.7 Å². The SMILES string of the molecule is CC(C)NC(=O)c1ccc2c(c1)N=C(c1ccc(Br)cc1)c1ccccc1S2. The minimum absolute atomic E-state index is 0.0787. The van der Waals surface area contributed by atoms with E-state index in [1.54, 1.807) is 11.8 Å². The van der Waals surface area contributed by atoms with Crippen molar-refractivity contribution in [1.29, 1.82) is 0 Å². The van der Waals surface area contributed by atoms with Crippen LogP contribution in [0.1, 0.15) is 35.3 Å². The molecule has 0 bridgehead atoms. The second-order valence-corrected chi connectivity index (χ2v) is 8.88. The Hall–Kier alpha value is -2.37. The number of hydrogen-bond donors (Lipinski definition) is 1. The van der Waals surface area contributed by atoms with Crippen LogP contribution >= 0.6 is 27.7 Å². The predicted octanol–water partition coefficient (Wildman–Crippen LogP) is 6.22. The van der Waals surface area contributed by atoms with Gasteiger partial charge in [-0.1, -0.05) is 58.0 Å². The standard InChI is InChI=1S/C23H19BrN2OS/c1-14(2)25-23(27)16-9-12-21-19(13-16)26-22(15-7-10-17(24)11-8-15)18-5-3-4-6-20(18)28-21/h3-14H,1-2H3,(H,25,27). The molecule has 0 spiro atoms. The molecule has 140 valence electrons. The number of fused-ring (bicyclic) bond motifs is 2. The third-order valence-corrected chi connectivity index (χ3v) is 6.02. The molecular formula is C23H19BrN2OS. The van der Waals surface area contributed by atoms with E-state index >= 15 is 0 Å². The van der Waals surface area contributed by atoms with E-state index in [4.69, 9.17) is 4.99 Å². The van der Waals surface area contributed by atoms with Crippen molar-refractivity contribution in [2.75, 3.05) is 0 Å². The number of benzene rings is 3. The van der Waals surface area contributed by atoms with Gasteiger partial charge in [-0.05, 0) is 50.2 Å². The first-order valence-electron chi connectivity index (χ1n) is 9.08. The zero-order chi connectivity index (χ0) is 19.7. The Balaban J connectivity index is 1.86. The van der Waals surface area contributed by atoms with E-state index in [0.717, 1.165) is 36.8 Å². The van der Waals surface area contributed by atoms with Gasteiger partial charge in [-0.25, -0.2) is 4.99 Å². The molecule has 0 radical (unpaired) electrons. The van der Waals surface area contributed by atoms with Crippen molar-refractivity contribution < 1.29 is 4.79 Å². The minimum Gasteiger partial charge on any atom is -0.350 e. The predicted molar refractivity (Wildman–Crippen MR) is 119 cm³/mol.